The number of hydrogen-bond donors (Lipinski definition) is 2. The molecule has 0 fully saturated rings. The molecule has 1 unspecified atom stereocenters. The smallest absolute Gasteiger partial charge is 0.262 e. The average Bonchev–Trinajstić information content (AvgIpc) is 2.88. The minimum Gasteiger partial charge on any atom is -0.490 e. The van der Waals surface area contributed by atoms with Crippen molar-refractivity contribution in [3.63, 3.8) is 0 Å². The summed E-state index contributed by atoms with van der Waals surface area (Å²) in [5.74, 6) is -0.545. The molecule has 0 spiro atoms. The molecule has 0 aliphatic heterocycles. The summed E-state index contributed by atoms with van der Waals surface area (Å²) in [6.45, 7) is 6.18. The summed E-state index contributed by atoms with van der Waals surface area (Å²) in [6, 6.07) is 17.0. The van der Waals surface area contributed by atoms with E-state index in [1.165, 1.54) is 30.5 Å². The van der Waals surface area contributed by atoms with E-state index in [4.69, 9.17) is 21.1 Å². The first-order valence-corrected chi connectivity index (χ1v) is 12.2. The molecule has 194 valence electrons. The Bertz CT molecular complexity index is 1250. The monoisotopic (exact) mass is 525 g/mol. The second-order valence-corrected chi connectivity index (χ2v) is 8.86. The fraction of sp³-hybridized carbons (Fsp3) is 0.250. The van der Waals surface area contributed by atoms with E-state index in [-0.39, 0.29) is 18.1 Å². The third-order valence-corrected chi connectivity index (χ3v) is 5.71. The van der Waals surface area contributed by atoms with Crippen LogP contribution in [0.25, 0.3) is 0 Å². The number of carbonyl (C=O) groups is 2. The molecule has 0 aromatic heterocycles. The summed E-state index contributed by atoms with van der Waals surface area (Å²) in [7, 11) is 0. The van der Waals surface area contributed by atoms with E-state index in [9.17, 15) is 14.0 Å². The van der Waals surface area contributed by atoms with Gasteiger partial charge >= 0.3 is 0 Å². The number of nitrogens with one attached hydrogen (secondary N) is 2. The first-order chi connectivity index (χ1) is 17.8. The lowest BCUT2D eigenvalue weighted by Crippen LogP contribution is -2.48. The predicted octanol–water partition coefficient (Wildman–Crippen LogP) is 5.36. The molecule has 0 radical (unpaired) electrons. The highest BCUT2D eigenvalue weighted by atomic mass is 35.5. The topological polar surface area (TPSA) is 89.0 Å². The number of rotatable bonds is 11. The predicted molar refractivity (Wildman–Crippen MR) is 142 cm³/mol. The molecule has 1 atom stereocenters. The number of nitrogens with zero attached hydrogens (tertiary/aromatic N) is 1. The Kier molecular flexibility index (Phi) is 10.0. The quantitative estimate of drug-likeness (QED) is 0.260. The van der Waals surface area contributed by atoms with E-state index < -0.39 is 23.7 Å². The third kappa shape index (κ3) is 8.05. The molecule has 0 saturated heterocycles. The zero-order valence-electron chi connectivity index (χ0n) is 20.8. The summed E-state index contributed by atoms with van der Waals surface area (Å²) in [6.07, 6.45) is 1.47. The maximum atomic E-state index is 13.1. The van der Waals surface area contributed by atoms with Crippen LogP contribution in [-0.4, -0.2) is 30.7 Å². The van der Waals surface area contributed by atoms with Crippen LogP contribution in [-0.2, 0) is 11.4 Å². The van der Waals surface area contributed by atoms with Crippen LogP contribution in [0, 0.1) is 11.7 Å². The fourth-order valence-electron chi connectivity index (χ4n) is 3.36. The standard InChI is InChI=1S/C28H29ClFN3O4/c1-4-36-25-15-19(9-14-24(25)37-17-21-7-5-6-8-23(21)29)16-31-33-28(35)26(18(2)3)32-27(34)20-10-12-22(30)13-11-20/h5-16,18,26H,4,17H2,1-3H3,(H,32,34)(H,33,35). The van der Waals surface area contributed by atoms with Gasteiger partial charge in [-0.25, -0.2) is 9.82 Å². The molecule has 3 aromatic carbocycles. The van der Waals surface area contributed by atoms with E-state index in [0.29, 0.717) is 28.7 Å². The molecule has 9 heteroatoms. The van der Waals surface area contributed by atoms with Gasteiger partial charge in [-0.05, 0) is 66.9 Å². The lowest BCUT2D eigenvalue weighted by Gasteiger charge is -2.20. The van der Waals surface area contributed by atoms with Crippen LogP contribution in [0.2, 0.25) is 5.02 Å². The number of amides is 2. The minimum absolute atomic E-state index is 0.210. The van der Waals surface area contributed by atoms with Gasteiger partial charge in [0.15, 0.2) is 11.5 Å². The van der Waals surface area contributed by atoms with Crippen molar-refractivity contribution in [1.29, 1.82) is 0 Å². The molecule has 0 aliphatic carbocycles. The van der Waals surface area contributed by atoms with Crippen molar-refractivity contribution in [2.45, 2.75) is 33.4 Å². The van der Waals surface area contributed by atoms with Gasteiger partial charge in [-0.3, -0.25) is 9.59 Å². The van der Waals surface area contributed by atoms with Gasteiger partial charge in [-0.2, -0.15) is 5.10 Å². The Balaban J connectivity index is 1.64. The minimum atomic E-state index is -0.839. The normalized spacial score (nSPS) is 11.8. The maximum absolute atomic E-state index is 13.1. The molecule has 2 N–H and O–H groups in total. The van der Waals surface area contributed by atoms with Crippen LogP contribution in [0.3, 0.4) is 0 Å². The Labute approximate surface area is 220 Å². The summed E-state index contributed by atoms with van der Waals surface area (Å²) >= 11 is 6.21. The molecular weight excluding hydrogens is 497 g/mol. The number of halogens is 2. The molecule has 0 aliphatic rings. The van der Waals surface area contributed by atoms with Gasteiger partial charge in [0.05, 0.1) is 12.8 Å². The van der Waals surface area contributed by atoms with E-state index in [0.717, 1.165) is 5.56 Å². The summed E-state index contributed by atoms with van der Waals surface area (Å²) in [5, 5.41) is 7.32. The second-order valence-electron chi connectivity index (χ2n) is 8.46. The van der Waals surface area contributed by atoms with Gasteiger partial charge in [0, 0.05) is 16.1 Å². The lowest BCUT2D eigenvalue weighted by molar-refractivity contribution is -0.123. The van der Waals surface area contributed by atoms with Crippen LogP contribution in [0.5, 0.6) is 11.5 Å². The summed E-state index contributed by atoms with van der Waals surface area (Å²) < 4.78 is 24.7. The van der Waals surface area contributed by atoms with E-state index in [2.05, 4.69) is 15.8 Å². The van der Waals surface area contributed by atoms with Crippen LogP contribution < -0.4 is 20.2 Å². The van der Waals surface area contributed by atoms with Gasteiger partial charge in [0.2, 0.25) is 0 Å². The van der Waals surface area contributed by atoms with Crippen molar-refractivity contribution in [2.24, 2.45) is 11.0 Å². The van der Waals surface area contributed by atoms with E-state index >= 15 is 0 Å². The molecule has 0 heterocycles. The van der Waals surface area contributed by atoms with Crippen molar-refractivity contribution in [2.75, 3.05) is 6.61 Å². The van der Waals surface area contributed by atoms with Crippen molar-refractivity contribution in [3.8, 4) is 11.5 Å². The van der Waals surface area contributed by atoms with Crippen LogP contribution in [0.4, 0.5) is 4.39 Å². The number of hydrogen-bond acceptors (Lipinski definition) is 5. The third-order valence-electron chi connectivity index (χ3n) is 5.34. The van der Waals surface area contributed by atoms with E-state index in [1.54, 1.807) is 38.1 Å². The van der Waals surface area contributed by atoms with Crippen molar-refractivity contribution in [1.82, 2.24) is 10.7 Å². The van der Waals surface area contributed by atoms with Gasteiger partial charge in [-0.1, -0.05) is 43.6 Å². The zero-order valence-corrected chi connectivity index (χ0v) is 21.6. The average molecular weight is 526 g/mol. The van der Waals surface area contributed by atoms with Gasteiger partial charge in [-0.15, -0.1) is 0 Å². The second kappa shape index (κ2) is 13.4. The summed E-state index contributed by atoms with van der Waals surface area (Å²) in [4.78, 5) is 25.2. The van der Waals surface area contributed by atoms with Crippen LogP contribution >= 0.6 is 11.6 Å². The largest absolute Gasteiger partial charge is 0.490 e. The molecule has 3 aromatic rings. The van der Waals surface area contributed by atoms with Crippen molar-refractivity contribution < 1.29 is 23.5 Å². The summed E-state index contributed by atoms with van der Waals surface area (Å²) in [5.41, 5.74) is 4.24. The van der Waals surface area contributed by atoms with Crippen molar-refractivity contribution >= 4 is 29.6 Å². The highest BCUT2D eigenvalue weighted by molar-refractivity contribution is 6.31. The Morgan fingerprint density at radius 3 is 2.43 bits per heavy atom. The molecular formula is C28H29ClFN3O4. The highest BCUT2D eigenvalue weighted by Gasteiger charge is 2.24. The van der Waals surface area contributed by atoms with Crippen molar-refractivity contribution in [3.05, 3.63) is 94.3 Å². The fourth-order valence-corrected chi connectivity index (χ4v) is 3.55. The van der Waals surface area contributed by atoms with Gasteiger partial charge in [0.1, 0.15) is 18.5 Å². The Hall–Kier alpha value is -3.91. The van der Waals surface area contributed by atoms with E-state index in [1.807, 2.05) is 25.1 Å². The molecule has 37 heavy (non-hydrogen) atoms. The van der Waals surface area contributed by atoms with Crippen LogP contribution in [0.15, 0.2) is 71.8 Å². The number of benzene rings is 3. The molecule has 2 amide bonds. The Morgan fingerprint density at radius 2 is 1.76 bits per heavy atom. The lowest BCUT2D eigenvalue weighted by atomic mass is 10.0. The molecule has 0 bridgehead atoms. The zero-order chi connectivity index (χ0) is 26.8. The van der Waals surface area contributed by atoms with Crippen LogP contribution in [0.1, 0.15) is 42.3 Å². The van der Waals surface area contributed by atoms with Gasteiger partial charge in [0.25, 0.3) is 11.8 Å². The molecule has 0 saturated carbocycles. The highest BCUT2D eigenvalue weighted by Crippen LogP contribution is 2.29. The SMILES string of the molecule is CCOc1cc(C=NNC(=O)C(NC(=O)c2ccc(F)cc2)C(C)C)ccc1OCc1ccccc1Cl. The Morgan fingerprint density at radius 1 is 1.03 bits per heavy atom. The number of hydrazone groups is 1. The number of carbonyl (C=O) groups excluding carboxylic acids is 2. The number of ether oxygens (including phenoxy) is 2. The molecule has 3 rings (SSSR count). The first kappa shape index (κ1) is 27.7. The first-order valence-electron chi connectivity index (χ1n) is 11.8. The maximum Gasteiger partial charge on any atom is 0.262 e. The van der Waals surface area contributed by atoms with Gasteiger partial charge < -0.3 is 14.8 Å². The molecule has 7 nitrogen and oxygen atoms in total.